The Labute approximate surface area is 246 Å². The number of rotatable bonds is 7. The number of ether oxygens (including phenoxy) is 2. The molecule has 35 heavy (non-hydrogen) atoms. The number of hydrogen-bond donors (Lipinski definition) is 3. The summed E-state index contributed by atoms with van der Waals surface area (Å²) in [4.78, 5) is 33.5. The molecule has 0 fully saturated rings. The first-order valence-electron chi connectivity index (χ1n) is 9.08. The molecule has 3 N–H and O–H groups in total. The number of aryl methyl sites for hydroxylation is 1. The van der Waals surface area contributed by atoms with Gasteiger partial charge in [-0.15, -0.1) is 13.2 Å². The molecule has 0 unspecified atom stereocenters. The molecule has 0 aliphatic heterocycles. The standard InChI is InChI=1S/C20H16ClF3NO7P.2Na/c1-11-18(21)19(26)17(16(25-11)10-30-33(27,28)29)12-2-4-13(5-3-12)31-14-6-8-15(9-7-14)32-20(22,23)24;;/h2-9H,10H2,1H3,(H,25,26)(H2,27,28,29);;. The normalized spacial score (nSPS) is 11.3. The van der Waals surface area contributed by atoms with Gasteiger partial charge >= 0.3 is 14.2 Å². The summed E-state index contributed by atoms with van der Waals surface area (Å²) in [5, 5.41) is -0.0913. The Hall–Kier alpha value is -0.820. The zero-order chi connectivity index (χ0) is 24.4. The van der Waals surface area contributed by atoms with Crippen LogP contribution in [-0.4, -0.2) is 80.2 Å². The van der Waals surface area contributed by atoms with Crippen LogP contribution in [0.2, 0.25) is 5.02 Å². The Kier molecular flexibility index (Phi) is 12.1. The molecule has 0 atom stereocenters. The number of aromatic nitrogens is 1. The maximum Gasteiger partial charge on any atom is 0.573 e. The summed E-state index contributed by atoms with van der Waals surface area (Å²) in [5.74, 6) is 0.154. The molecular formula is C20H16ClF3NNa2O7P. The van der Waals surface area contributed by atoms with Crippen LogP contribution in [-0.2, 0) is 15.7 Å². The maximum atomic E-state index is 12.7. The van der Waals surface area contributed by atoms with Crippen molar-refractivity contribution in [2.75, 3.05) is 0 Å². The van der Waals surface area contributed by atoms with Gasteiger partial charge in [0.05, 0.1) is 17.9 Å². The molecule has 1 aromatic heterocycles. The van der Waals surface area contributed by atoms with Crippen LogP contribution in [0.5, 0.6) is 17.2 Å². The van der Waals surface area contributed by atoms with E-state index in [1.54, 1.807) is 0 Å². The average molecular weight is 552 g/mol. The summed E-state index contributed by atoms with van der Waals surface area (Å²) in [6.45, 7) is 0.952. The molecule has 0 saturated carbocycles. The van der Waals surface area contributed by atoms with Gasteiger partial charge in [0.2, 0.25) is 5.43 Å². The minimum atomic E-state index is -4.80. The van der Waals surface area contributed by atoms with Gasteiger partial charge < -0.3 is 24.2 Å². The van der Waals surface area contributed by atoms with E-state index in [4.69, 9.17) is 26.1 Å². The summed E-state index contributed by atoms with van der Waals surface area (Å²) >= 11 is 6.04. The van der Waals surface area contributed by atoms with Crippen LogP contribution in [0.15, 0.2) is 53.3 Å². The molecule has 0 amide bonds. The molecule has 178 valence electrons. The fraction of sp³-hybridized carbons (Fsp3) is 0.150. The topological polar surface area (TPSA) is 118 Å². The molecule has 3 aromatic rings. The van der Waals surface area contributed by atoms with Crippen molar-refractivity contribution in [2.24, 2.45) is 0 Å². The van der Waals surface area contributed by atoms with Crippen molar-refractivity contribution in [1.82, 2.24) is 4.98 Å². The minimum Gasteiger partial charge on any atom is -0.457 e. The van der Waals surface area contributed by atoms with Crippen LogP contribution in [0, 0.1) is 6.92 Å². The third-order valence-corrected chi connectivity index (χ3v) is 5.13. The molecular weight excluding hydrogens is 536 g/mol. The Morgan fingerprint density at radius 2 is 1.46 bits per heavy atom. The van der Waals surface area contributed by atoms with Gasteiger partial charge in [0.15, 0.2) is 0 Å². The van der Waals surface area contributed by atoms with Gasteiger partial charge in [0, 0.05) is 64.8 Å². The van der Waals surface area contributed by atoms with E-state index in [-0.39, 0.29) is 81.1 Å². The third kappa shape index (κ3) is 9.53. The van der Waals surface area contributed by atoms with E-state index in [1.807, 2.05) is 0 Å². The number of phosphoric ester groups is 1. The van der Waals surface area contributed by atoms with Crippen molar-refractivity contribution in [3.8, 4) is 28.4 Å². The van der Waals surface area contributed by atoms with E-state index in [0.717, 1.165) is 12.1 Å². The molecule has 3 rings (SSSR count). The fourth-order valence-electron chi connectivity index (χ4n) is 2.86. The molecule has 15 heteroatoms. The van der Waals surface area contributed by atoms with Crippen LogP contribution < -0.4 is 14.9 Å². The van der Waals surface area contributed by atoms with Crippen molar-refractivity contribution in [1.29, 1.82) is 0 Å². The summed E-state index contributed by atoms with van der Waals surface area (Å²) < 4.78 is 61.7. The van der Waals surface area contributed by atoms with Crippen LogP contribution in [0.1, 0.15) is 11.4 Å². The number of pyridine rings is 1. The molecule has 2 radical (unpaired) electrons. The molecule has 0 saturated heterocycles. The monoisotopic (exact) mass is 551 g/mol. The van der Waals surface area contributed by atoms with E-state index in [2.05, 4.69) is 14.2 Å². The third-order valence-electron chi connectivity index (χ3n) is 4.21. The van der Waals surface area contributed by atoms with E-state index in [0.29, 0.717) is 17.0 Å². The van der Waals surface area contributed by atoms with Crippen LogP contribution in [0.4, 0.5) is 13.2 Å². The predicted molar refractivity (Wildman–Crippen MR) is 124 cm³/mol. The predicted octanol–water partition coefficient (Wildman–Crippen LogP) is 4.54. The van der Waals surface area contributed by atoms with Gasteiger partial charge in [-0.25, -0.2) is 4.57 Å². The van der Waals surface area contributed by atoms with E-state index >= 15 is 0 Å². The Balaban J connectivity index is 0.00000306. The second kappa shape index (κ2) is 13.1. The first kappa shape index (κ1) is 32.2. The number of H-pyrrole nitrogens is 1. The second-order valence-electron chi connectivity index (χ2n) is 6.66. The van der Waals surface area contributed by atoms with Gasteiger partial charge in [0.1, 0.15) is 22.3 Å². The van der Waals surface area contributed by atoms with Gasteiger partial charge in [-0.2, -0.15) is 0 Å². The zero-order valence-electron chi connectivity index (χ0n) is 18.7. The SMILES string of the molecule is Cc1[nH]c(COP(=O)(O)O)c(-c2ccc(Oc3ccc(OC(F)(F)F)cc3)cc2)c(=O)c1Cl.[Na].[Na]. The van der Waals surface area contributed by atoms with Gasteiger partial charge in [-0.1, -0.05) is 23.7 Å². The number of nitrogens with one attached hydrogen (secondary N) is 1. The van der Waals surface area contributed by atoms with Crippen molar-refractivity contribution < 1.29 is 41.5 Å². The van der Waals surface area contributed by atoms with E-state index < -0.39 is 32.0 Å². The first-order chi connectivity index (χ1) is 15.3. The average Bonchev–Trinajstić information content (AvgIpc) is 2.71. The van der Waals surface area contributed by atoms with E-state index in [1.165, 1.54) is 43.3 Å². The number of halogens is 4. The summed E-state index contributed by atoms with van der Waals surface area (Å²) in [6, 6.07) is 10.8. The molecule has 1 heterocycles. The van der Waals surface area contributed by atoms with Gasteiger partial charge in [-0.05, 0) is 48.9 Å². The molecule has 0 bridgehead atoms. The quantitative estimate of drug-likeness (QED) is 0.291. The second-order valence-corrected chi connectivity index (χ2v) is 8.27. The minimum absolute atomic E-state index is 0. The Bertz CT molecular complexity index is 1250. The molecule has 8 nitrogen and oxygen atoms in total. The fourth-order valence-corrected chi connectivity index (χ4v) is 3.30. The Morgan fingerprint density at radius 3 is 1.94 bits per heavy atom. The number of phosphoric acid groups is 1. The number of alkyl halides is 3. The Morgan fingerprint density at radius 1 is 0.971 bits per heavy atom. The summed E-state index contributed by atoms with van der Waals surface area (Å²) in [5.41, 5.74) is 0.265. The van der Waals surface area contributed by atoms with Crippen LogP contribution in [0.3, 0.4) is 0 Å². The summed E-state index contributed by atoms with van der Waals surface area (Å²) in [6.07, 6.45) is -4.80. The number of aromatic amines is 1. The molecule has 0 aliphatic carbocycles. The van der Waals surface area contributed by atoms with Crippen molar-refractivity contribution in [3.63, 3.8) is 0 Å². The smallest absolute Gasteiger partial charge is 0.457 e. The van der Waals surface area contributed by atoms with Gasteiger partial charge in [-0.3, -0.25) is 9.32 Å². The zero-order valence-corrected chi connectivity index (χ0v) is 24.4. The first-order valence-corrected chi connectivity index (χ1v) is 11.0. The summed E-state index contributed by atoms with van der Waals surface area (Å²) in [7, 11) is -4.79. The number of benzene rings is 2. The van der Waals surface area contributed by atoms with Crippen molar-refractivity contribution in [2.45, 2.75) is 19.9 Å². The maximum absolute atomic E-state index is 12.7. The molecule has 2 aromatic carbocycles. The molecule has 0 aliphatic rings. The van der Waals surface area contributed by atoms with E-state index in [9.17, 15) is 22.5 Å². The van der Waals surface area contributed by atoms with Crippen LogP contribution >= 0.6 is 19.4 Å². The molecule has 0 spiro atoms. The van der Waals surface area contributed by atoms with Crippen molar-refractivity contribution >= 4 is 78.5 Å². The van der Waals surface area contributed by atoms with Crippen LogP contribution in [0.25, 0.3) is 11.1 Å². The van der Waals surface area contributed by atoms with Crippen molar-refractivity contribution in [3.05, 3.63) is 75.2 Å². The van der Waals surface area contributed by atoms with Gasteiger partial charge in [0.25, 0.3) is 0 Å². The number of hydrogen-bond acceptors (Lipinski definition) is 5. The largest absolute Gasteiger partial charge is 0.573 e.